The molecule has 2 rings (SSSR count). The number of halogens is 1. The lowest BCUT2D eigenvalue weighted by Gasteiger charge is -2.09. The second kappa shape index (κ2) is 7.05. The summed E-state index contributed by atoms with van der Waals surface area (Å²) in [5, 5.41) is 12.3. The normalized spacial score (nSPS) is 10.6. The molecular weight excluding hydrogens is 344 g/mol. The van der Waals surface area contributed by atoms with Crippen LogP contribution in [0.1, 0.15) is 23.4 Å². The van der Waals surface area contributed by atoms with E-state index in [0.717, 1.165) is 27.1 Å². The number of hydrazone groups is 1. The van der Waals surface area contributed by atoms with Crippen molar-refractivity contribution < 1.29 is 4.79 Å². The standard InChI is InChI=1S/C16H15BrN4O/c1-11-8-13(10-19-20-16(22)6-7-18)12(2)21(11)15-5-3-4-14(17)9-15/h3-5,8-10H,6H2,1-2H3,(H,20,22)/b19-10+. The molecule has 0 spiro atoms. The summed E-state index contributed by atoms with van der Waals surface area (Å²) < 4.78 is 3.12. The van der Waals surface area contributed by atoms with Crippen molar-refractivity contribution in [2.45, 2.75) is 20.3 Å². The van der Waals surface area contributed by atoms with Crippen molar-refractivity contribution in [3.8, 4) is 11.8 Å². The molecule has 1 N–H and O–H groups in total. The molecule has 1 heterocycles. The van der Waals surface area contributed by atoms with Crippen molar-refractivity contribution in [3.63, 3.8) is 0 Å². The Labute approximate surface area is 137 Å². The van der Waals surface area contributed by atoms with Crippen LogP contribution in [0.25, 0.3) is 5.69 Å². The maximum Gasteiger partial charge on any atom is 0.254 e. The van der Waals surface area contributed by atoms with Crippen LogP contribution < -0.4 is 5.43 Å². The molecule has 0 unspecified atom stereocenters. The number of aromatic nitrogens is 1. The monoisotopic (exact) mass is 358 g/mol. The van der Waals surface area contributed by atoms with Gasteiger partial charge >= 0.3 is 0 Å². The minimum Gasteiger partial charge on any atom is -0.318 e. The number of nitriles is 1. The highest BCUT2D eigenvalue weighted by molar-refractivity contribution is 9.10. The summed E-state index contributed by atoms with van der Waals surface area (Å²) in [6, 6.07) is 11.8. The van der Waals surface area contributed by atoms with Gasteiger partial charge in [-0.1, -0.05) is 22.0 Å². The summed E-state index contributed by atoms with van der Waals surface area (Å²) in [5.74, 6) is -0.417. The van der Waals surface area contributed by atoms with Crippen LogP contribution in [0.5, 0.6) is 0 Å². The van der Waals surface area contributed by atoms with Crippen LogP contribution in [0.15, 0.2) is 39.9 Å². The van der Waals surface area contributed by atoms with Gasteiger partial charge in [0.25, 0.3) is 5.91 Å². The Morgan fingerprint density at radius 3 is 2.91 bits per heavy atom. The van der Waals surface area contributed by atoms with E-state index < -0.39 is 5.91 Å². The first-order valence-corrected chi connectivity index (χ1v) is 7.46. The molecular formula is C16H15BrN4O. The molecule has 0 bridgehead atoms. The van der Waals surface area contributed by atoms with Crippen LogP contribution in [0.4, 0.5) is 0 Å². The molecule has 2 aromatic rings. The highest BCUT2D eigenvalue weighted by Gasteiger charge is 2.09. The number of hydrogen-bond donors (Lipinski definition) is 1. The second-order valence-corrected chi connectivity index (χ2v) is 5.69. The molecule has 112 valence electrons. The van der Waals surface area contributed by atoms with Gasteiger partial charge in [0.15, 0.2) is 0 Å². The minimum absolute atomic E-state index is 0.200. The third kappa shape index (κ3) is 3.62. The minimum atomic E-state index is -0.417. The summed E-state index contributed by atoms with van der Waals surface area (Å²) in [4.78, 5) is 11.2. The van der Waals surface area contributed by atoms with Crippen molar-refractivity contribution >= 4 is 28.1 Å². The molecule has 1 amide bonds. The molecule has 0 aliphatic carbocycles. The number of nitrogens with zero attached hydrogens (tertiary/aromatic N) is 3. The smallest absolute Gasteiger partial charge is 0.254 e. The van der Waals surface area contributed by atoms with Gasteiger partial charge in [-0.25, -0.2) is 5.43 Å². The summed E-state index contributed by atoms with van der Waals surface area (Å²) in [7, 11) is 0. The molecule has 0 aliphatic rings. The van der Waals surface area contributed by atoms with Gasteiger partial charge in [0, 0.05) is 27.1 Å². The first-order chi connectivity index (χ1) is 10.5. The average molecular weight is 359 g/mol. The zero-order valence-electron chi connectivity index (χ0n) is 12.3. The number of aryl methyl sites for hydroxylation is 1. The Balaban J connectivity index is 2.26. The molecule has 5 nitrogen and oxygen atoms in total. The van der Waals surface area contributed by atoms with E-state index in [1.165, 1.54) is 0 Å². The SMILES string of the molecule is Cc1cc(/C=N/NC(=O)CC#N)c(C)n1-c1cccc(Br)c1. The molecule has 0 saturated heterocycles. The lowest BCUT2D eigenvalue weighted by molar-refractivity contribution is -0.120. The summed E-state index contributed by atoms with van der Waals surface area (Å²) in [6.07, 6.45) is 1.39. The number of rotatable bonds is 4. The van der Waals surface area contributed by atoms with Crippen molar-refractivity contribution in [2.75, 3.05) is 0 Å². The van der Waals surface area contributed by atoms with Gasteiger partial charge < -0.3 is 4.57 Å². The average Bonchev–Trinajstić information content (AvgIpc) is 2.74. The van der Waals surface area contributed by atoms with E-state index in [9.17, 15) is 4.79 Å². The Kier molecular flexibility index (Phi) is 5.12. The van der Waals surface area contributed by atoms with Gasteiger partial charge in [-0.15, -0.1) is 0 Å². The van der Waals surface area contributed by atoms with E-state index in [4.69, 9.17) is 5.26 Å². The quantitative estimate of drug-likeness (QED) is 0.673. The zero-order chi connectivity index (χ0) is 16.1. The van der Waals surface area contributed by atoms with Crippen LogP contribution in [-0.4, -0.2) is 16.7 Å². The fraction of sp³-hybridized carbons (Fsp3) is 0.188. The predicted octanol–water partition coefficient (Wildman–Crippen LogP) is 3.22. The van der Waals surface area contributed by atoms with Crippen molar-refractivity contribution in [1.29, 1.82) is 5.26 Å². The molecule has 0 saturated carbocycles. The summed E-state index contributed by atoms with van der Waals surface area (Å²) in [5.41, 5.74) is 6.39. The molecule has 22 heavy (non-hydrogen) atoms. The zero-order valence-corrected chi connectivity index (χ0v) is 13.9. The van der Waals surface area contributed by atoms with Crippen LogP contribution in [0.2, 0.25) is 0 Å². The molecule has 1 aromatic heterocycles. The molecule has 1 aromatic carbocycles. The van der Waals surface area contributed by atoms with Gasteiger partial charge in [-0.05, 0) is 38.1 Å². The summed E-state index contributed by atoms with van der Waals surface area (Å²) in [6.45, 7) is 4.01. The molecule has 0 radical (unpaired) electrons. The van der Waals surface area contributed by atoms with E-state index in [-0.39, 0.29) is 6.42 Å². The molecule has 0 atom stereocenters. The second-order valence-electron chi connectivity index (χ2n) is 4.77. The molecule has 0 fully saturated rings. The van der Waals surface area contributed by atoms with E-state index in [2.05, 4.69) is 31.0 Å². The number of nitrogens with one attached hydrogen (secondary N) is 1. The van der Waals surface area contributed by atoms with Crippen LogP contribution in [0, 0.1) is 25.2 Å². The largest absolute Gasteiger partial charge is 0.318 e. The van der Waals surface area contributed by atoms with E-state index in [0.29, 0.717) is 0 Å². The van der Waals surface area contributed by atoms with Crippen LogP contribution in [0.3, 0.4) is 0 Å². The number of hydrogen-bond acceptors (Lipinski definition) is 3. The van der Waals surface area contributed by atoms with E-state index in [1.54, 1.807) is 12.3 Å². The van der Waals surface area contributed by atoms with Gasteiger partial charge in [-0.2, -0.15) is 10.4 Å². The van der Waals surface area contributed by atoms with Gasteiger partial charge in [0.1, 0.15) is 6.42 Å². The van der Waals surface area contributed by atoms with Gasteiger partial charge in [-0.3, -0.25) is 4.79 Å². The Morgan fingerprint density at radius 1 is 1.45 bits per heavy atom. The third-order valence-electron chi connectivity index (χ3n) is 3.17. The van der Waals surface area contributed by atoms with E-state index in [1.807, 2.05) is 44.2 Å². The maximum absolute atomic E-state index is 11.2. The fourth-order valence-electron chi connectivity index (χ4n) is 2.22. The van der Waals surface area contributed by atoms with Gasteiger partial charge in [0.05, 0.1) is 12.3 Å². The van der Waals surface area contributed by atoms with Crippen LogP contribution in [-0.2, 0) is 4.79 Å². The summed E-state index contributed by atoms with van der Waals surface area (Å²) >= 11 is 3.47. The first kappa shape index (κ1) is 16.0. The first-order valence-electron chi connectivity index (χ1n) is 6.66. The highest BCUT2D eigenvalue weighted by Crippen LogP contribution is 2.22. The predicted molar refractivity (Wildman–Crippen MR) is 88.9 cm³/mol. The maximum atomic E-state index is 11.2. The Morgan fingerprint density at radius 2 is 2.23 bits per heavy atom. The van der Waals surface area contributed by atoms with E-state index >= 15 is 0 Å². The molecule has 6 heteroatoms. The molecule has 0 aliphatic heterocycles. The number of carbonyl (C=O) groups excluding carboxylic acids is 1. The highest BCUT2D eigenvalue weighted by atomic mass is 79.9. The Hall–Kier alpha value is -2.39. The van der Waals surface area contributed by atoms with Crippen molar-refractivity contribution in [3.05, 3.63) is 51.8 Å². The van der Waals surface area contributed by atoms with Crippen LogP contribution >= 0.6 is 15.9 Å². The lowest BCUT2D eigenvalue weighted by Crippen LogP contribution is -2.16. The number of amides is 1. The Bertz CT molecular complexity index is 771. The van der Waals surface area contributed by atoms with Crippen molar-refractivity contribution in [2.24, 2.45) is 5.10 Å². The van der Waals surface area contributed by atoms with Gasteiger partial charge in [0.2, 0.25) is 0 Å². The van der Waals surface area contributed by atoms with Crippen molar-refractivity contribution in [1.82, 2.24) is 9.99 Å². The lowest BCUT2D eigenvalue weighted by atomic mass is 10.2. The number of carbonyl (C=O) groups is 1. The topological polar surface area (TPSA) is 70.2 Å². The fourth-order valence-corrected chi connectivity index (χ4v) is 2.60. The third-order valence-corrected chi connectivity index (χ3v) is 3.66. The number of benzene rings is 1.